The predicted molar refractivity (Wildman–Crippen MR) is 187 cm³/mol. The molecular weight excluding hydrogens is 640 g/mol. The van der Waals surface area contributed by atoms with Crippen molar-refractivity contribution in [1.29, 1.82) is 0 Å². The molecule has 2 aromatic heterocycles. The van der Waals surface area contributed by atoms with Crippen LogP contribution in [-0.4, -0.2) is 73.1 Å². The number of aromatic nitrogens is 4. The minimum Gasteiger partial charge on any atom is -0.462 e. The number of nitrogens with zero attached hydrogens (tertiary/aromatic N) is 3. The van der Waals surface area contributed by atoms with Gasteiger partial charge in [0.25, 0.3) is 5.56 Å². The summed E-state index contributed by atoms with van der Waals surface area (Å²) in [5.41, 5.74) is 5.70. The quantitative estimate of drug-likeness (QED) is 0.161. The van der Waals surface area contributed by atoms with Crippen LogP contribution in [0.4, 0.5) is 5.95 Å². The number of nitrogens with two attached hydrogens (primary N) is 1. The van der Waals surface area contributed by atoms with E-state index in [0.29, 0.717) is 48.1 Å². The molecule has 4 aliphatic rings. The van der Waals surface area contributed by atoms with Crippen LogP contribution in [0.5, 0.6) is 0 Å². The number of rotatable bonds is 12. The number of amides is 1. The molecule has 13 heteroatoms. The van der Waals surface area contributed by atoms with E-state index in [4.69, 9.17) is 15.2 Å². The predicted octanol–water partition coefficient (Wildman–Crippen LogP) is 3.77. The Morgan fingerprint density at radius 1 is 1.10 bits per heavy atom. The zero-order valence-electron chi connectivity index (χ0n) is 30.4. The van der Waals surface area contributed by atoms with Gasteiger partial charge in [0, 0.05) is 6.42 Å². The lowest BCUT2D eigenvalue weighted by atomic mass is 9.43. The minimum atomic E-state index is -0.780. The Labute approximate surface area is 294 Å². The maximum atomic E-state index is 13.2. The number of anilines is 1. The van der Waals surface area contributed by atoms with Gasteiger partial charge in [-0.15, -0.1) is 0 Å². The molecule has 0 bridgehead atoms. The summed E-state index contributed by atoms with van der Waals surface area (Å²) in [6.45, 7) is 10.9. The third-order valence-electron chi connectivity index (χ3n) is 13.8. The number of hydrogen-bond acceptors (Lipinski definition) is 10. The zero-order chi connectivity index (χ0) is 36.0. The summed E-state index contributed by atoms with van der Waals surface area (Å²) >= 11 is 0. The fraction of sp³-hybridized carbons (Fsp3) is 0.811. The highest BCUT2D eigenvalue weighted by Crippen LogP contribution is 2.68. The number of hydrogen-bond donors (Lipinski definition) is 5. The van der Waals surface area contributed by atoms with Crippen molar-refractivity contribution in [3.8, 4) is 0 Å². The Hall–Kier alpha value is -3.03. The van der Waals surface area contributed by atoms with Gasteiger partial charge < -0.3 is 30.7 Å². The number of aliphatic hydroxyl groups is 2. The molecule has 278 valence electrons. The van der Waals surface area contributed by atoms with Gasteiger partial charge in [0.15, 0.2) is 11.2 Å². The van der Waals surface area contributed by atoms with E-state index < -0.39 is 17.6 Å². The summed E-state index contributed by atoms with van der Waals surface area (Å²) in [7, 11) is 0. The monoisotopic (exact) mass is 698 g/mol. The maximum absolute atomic E-state index is 13.2. The van der Waals surface area contributed by atoms with Crippen molar-refractivity contribution in [1.82, 2.24) is 24.8 Å². The lowest BCUT2D eigenvalue weighted by Gasteiger charge is -2.62. The first-order chi connectivity index (χ1) is 23.7. The number of carbonyl (C=O) groups is 2. The first-order valence-electron chi connectivity index (χ1n) is 18.8. The largest absolute Gasteiger partial charge is 0.462 e. The third-order valence-corrected chi connectivity index (χ3v) is 13.8. The lowest BCUT2D eigenvalue weighted by molar-refractivity contribution is -0.175. The molecule has 0 aliphatic heterocycles. The fourth-order valence-corrected chi connectivity index (χ4v) is 11.0. The highest BCUT2D eigenvalue weighted by molar-refractivity contribution is 5.84. The van der Waals surface area contributed by atoms with Crippen molar-refractivity contribution >= 4 is 29.0 Å². The number of imidazole rings is 1. The average molecular weight is 699 g/mol. The first kappa shape index (κ1) is 36.8. The lowest BCUT2D eigenvalue weighted by Crippen LogP contribution is -2.58. The van der Waals surface area contributed by atoms with Crippen molar-refractivity contribution < 1.29 is 29.3 Å². The Morgan fingerprint density at radius 2 is 1.88 bits per heavy atom. The van der Waals surface area contributed by atoms with Crippen LogP contribution in [0.25, 0.3) is 11.2 Å². The van der Waals surface area contributed by atoms with Crippen molar-refractivity contribution in [2.24, 2.45) is 52.3 Å². The number of nitrogen functional groups attached to an aromatic ring is 1. The van der Waals surface area contributed by atoms with E-state index >= 15 is 0 Å². The van der Waals surface area contributed by atoms with Crippen LogP contribution in [0.15, 0.2) is 11.1 Å². The van der Waals surface area contributed by atoms with Gasteiger partial charge in [-0.3, -0.25) is 19.1 Å². The second kappa shape index (κ2) is 14.5. The maximum Gasteiger partial charge on any atom is 0.328 e. The minimum absolute atomic E-state index is 0.00882. The van der Waals surface area contributed by atoms with Gasteiger partial charge in [-0.25, -0.2) is 9.78 Å². The van der Waals surface area contributed by atoms with Crippen LogP contribution in [0.1, 0.15) is 98.8 Å². The van der Waals surface area contributed by atoms with Gasteiger partial charge in [-0.1, -0.05) is 34.6 Å². The molecule has 2 heterocycles. The molecule has 2 aromatic rings. The topological polar surface area (TPSA) is 195 Å². The van der Waals surface area contributed by atoms with Crippen molar-refractivity contribution in [3.05, 3.63) is 16.7 Å². The van der Waals surface area contributed by atoms with Crippen molar-refractivity contribution in [2.75, 3.05) is 18.9 Å². The molecule has 4 saturated carbocycles. The van der Waals surface area contributed by atoms with E-state index in [1.807, 2.05) is 13.8 Å². The van der Waals surface area contributed by atoms with Gasteiger partial charge in [0.05, 0.1) is 25.1 Å². The number of ether oxygens (including phenoxy) is 2. The third kappa shape index (κ3) is 6.81. The van der Waals surface area contributed by atoms with Gasteiger partial charge in [0.1, 0.15) is 19.4 Å². The molecule has 1 amide bonds. The number of esters is 1. The van der Waals surface area contributed by atoms with Crippen LogP contribution in [0.2, 0.25) is 0 Å². The molecular formula is C37H58N6O7. The SMILES string of the molecule is CC(C)C(NC(=O)CCC(C)C1CCC2C3CCC4C[C@H](O)CC[C@]4(C)C3C[C@H](O)[C@]12C)C(=O)OCCOCn1cnc2c(=O)[nH]c(N)nc21. The standard InChI is InChI=1S/C37H58N6O7/c1-20(2)30(34(48)50-15-14-49-19-43-18-39-31-32(43)41-35(38)42-33(31)47)40-29(46)11-6-21(3)25-9-10-26-24-8-7-22-16-23(44)12-13-36(22,4)27(24)17-28(45)37(25,26)5/h18,20-28,30,44-45H,6-17,19H2,1-5H3,(H,40,46)(H3,38,41,42,47)/t21?,22?,23-,24?,25?,26?,27?,28+,30?,36+,37-/m1/s1. The van der Waals surface area contributed by atoms with Gasteiger partial charge >= 0.3 is 5.97 Å². The molecule has 7 unspecified atom stereocenters. The summed E-state index contributed by atoms with van der Waals surface area (Å²) < 4.78 is 12.6. The summed E-state index contributed by atoms with van der Waals surface area (Å²) in [5, 5.41) is 25.2. The van der Waals surface area contributed by atoms with Crippen LogP contribution in [0, 0.1) is 52.3 Å². The summed E-state index contributed by atoms with van der Waals surface area (Å²) in [4.78, 5) is 48.7. The summed E-state index contributed by atoms with van der Waals surface area (Å²) in [6.07, 6.45) is 10.2. The molecule has 0 aromatic carbocycles. The number of nitrogens with one attached hydrogen (secondary N) is 2. The van der Waals surface area contributed by atoms with Crippen molar-refractivity contribution in [3.63, 3.8) is 0 Å². The van der Waals surface area contributed by atoms with Crippen LogP contribution in [0.3, 0.4) is 0 Å². The molecule has 0 saturated heterocycles. The van der Waals surface area contributed by atoms with E-state index in [1.165, 1.54) is 23.7 Å². The number of carbonyl (C=O) groups excluding carboxylic acids is 2. The Bertz CT molecular complexity index is 1590. The first-order valence-corrected chi connectivity index (χ1v) is 18.8. The molecule has 0 spiro atoms. The van der Waals surface area contributed by atoms with E-state index in [9.17, 15) is 24.6 Å². The number of aromatic amines is 1. The second-order valence-corrected chi connectivity index (χ2v) is 16.7. The number of aliphatic hydroxyl groups excluding tert-OH is 2. The van der Waals surface area contributed by atoms with Crippen LogP contribution < -0.4 is 16.6 Å². The van der Waals surface area contributed by atoms with Gasteiger partial charge in [0.2, 0.25) is 11.9 Å². The molecule has 4 fully saturated rings. The highest BCUT2D eigenvalue weighted by atomic mass is 16.6. The molecule has 6 N–H and O–H groups in total. The van der Waals surface area contributed by atoms with E-state index in [-0.39, 0.29) is 72.2 Å². The molecule has 0 radical (unpaired) electrons. The molecule has 50 heavy (non-hydrogen) atoms. The smallest absolute Gasteiger partial charge is 0.328 e. The van der Waals surface area contributed by atoms with Crippen molar-refractivity contribution in [2.45, 2.75) is 124 Å². The zero-order valence-corrected chi connectivity index (χ0v) is 30.4. The average Bonchev–Trinajstić information content (AvgIpc) is 3.64. The normalized spacial score (nSPS) is 34.8. The summed E-state index contributed by atoms with van der Waals surface area (Å²) in [6, 6.07) is -0.780. The van der Waals surface area contributed by atoms with Crippen LogP contribution >= 0.6 is 0 Å². The van der Waals surface area contributed by atoms with E-state index in [0.717, 1.165) is 38.5 Å². The molecule has 13 nitrogen and oxygen atoms in total. The van der Waals surface area contributed by atoms with Crippen LogP contribution in [-0.2, 0) is 25.8 Å². The fourth-order valence-electron chi connectivity index (χ4n) is 11.0. The van der Waals surface area contributed by atoms with Gasteiger partial charge in [-0.2, -0.15) is 4.98 Å². The highest BCUT2D eigenvalue weighted by Gasteiger charge is 2.63. The number of fused-ring (bicyclic) bond motifs is 6. The molecule has 4 aliphatic carbocycles. The Morgan fingerprint density at radius 3 is 2.64 bits per heavy atom. The van der Waals surface area contributed by atoms with E-state index in [1.54, 1.807) is 0 Å². The Balaban J connectivity index is 0.971. The van der Waals surface area contributed by atoms with E-state index in [2.05, 4.69) is 41.0 Å². The molecule has 11 atom stereocenters. The molecule has 6 rings (SSSR count). The number of H-pyrrole nitrogens is 1. The Kier molecular flexibility index (Phi) is 10.7. The van der Waals surface area contributed by atoms with Gasteiger partial charge in [-0.05, 0) is 110 Å². The summed E-state index contributed by atoms with van der Waals surface area (Å²) in [5.74, 6) is 1.91. The second-order valence-electron chi connectivity index (χ2n) is 16.7.